The van der Waals surface area contributed by atoms with Crippen LogP contribution >= 0.6 is 15.9 Å². The Morgan fingerprint density at radius 2 is 1.79 bits per heavy atom. The van der Waals surface area contributed by atoms with E-state index in [0.717, 1.165) is 16.5 Å². The molecule has 0 aliphatic rings. The average Bonchev–Trinajstić information content (AvgIpc) is 2.58. The minimum absolute atomic E-state index is 0.0186. The Morgan fingerprint density at radius 3 is 2.42 bits per heavy atom. The van der Waals surface area contributed by atoms with Gasteiger partial charge in [-0.05, 0) is 52.2 Å². The second-order valence-electron chi connectivity index (χ2n) is 5.48. The number of carbonyl (C=O) groups excluding carboxylic acids is 2. The van der Waals surface area contributed by atoms with Crippen LogP contribution in [0.5, 0.6) is 0 Å². The summed E-state index contributed by atoms with van der Waals surface area (Å²) in [5, 5.41) is 0. The highest BCUT2D eigenvalue weighted by Gasteiger charge is 2.20. The molecule has 2 aromatic rings. The number of likely N-dealkylation sites (N-methyl/N-ethyl adjacent to an activating group) is 1. The first-order chi connectivity index (χ1) is 11.5. The Bertz CT molecular complexity index is 706. The molecule has 0 N–H and O–H groups in total. The molecule has 0 saturated heterocycles. The van der Waals surface area contributed by atoms with Gasteiger partial charge in [-0.1, -0.05) is 12.1 Å². The zero-order valence-electron chi connectivity index (χ0n) is 13.8. The van der Waals surface area contributed by atoms with E-state index in [2.05, 4.69) is 20.9 Å². The molecule has 6 heteroatoms. The van der Waals surface area contributed by atoms with E-state index in [9.17, 15) is 9.59 Å². The molecule has 0 aliphatic heterocycles. The van der Waals surface area contributed by atoms with Crippen LogP contribution in [0.25, 0.3) is 0 Å². The van der Waals surface area contributed by atoms with Gasteiger partial charge >= 0.3 is 0 Å². The van der Waals surface area contributed by atoms with E-state index in [1.54, 1.807) is 24.3 Å². The van der Waals surface area contributed by atoms with Gasteiger partial charge in [0, 0.05) is 37.4 Å². The summed E-state index contributed by atoms with van der Waals surface area (Å²) < 4.78 is 0.785. The Labute approximate surface area is 150 Å². The van der Waals surface area contributed by atoms with E-state index < -0.39 is 0 Å². The highest BCUT2D eigenvalue weighted by Crippen LogP contribution is 2.25. The summed E-state index contributed by atoms with van der Waals surface area (Å²) in [7, 11) is 1.75. The number of carbonyl (C=O) groups is 2. The molecule has 0 fully saturated rings. The van der Waals surface area contributed by atoms with E-state index in [-0.39, 0.29) is 18.4 Å². The van der Waals surface area contributed by atoms with Crippen molar-refractivity contribution >= 4 is 33.4 Å². The first kappa shape index (κ1) is 18.1. The van der Waals surface area contributed by atoms with Gasteiger partial charge in [-0.15, -0.1) is 0 Å². The van der Waals surface area contributed by atoms with Crippen LogP contribution in [0.1, 0.15) is 12.5 Å². The molecule has 1 heterocycles. The maximum atomic E-state index is 12.5. The van der Waals surface area contributed by atoms with E-state index >= 15 is 0 Å². The van der Waals surface area contributed by atoms with Crippen LogP contribution in [-0.2, 0) is 16.0 Å². The van der Waals surface area contributed by atoms with Crippen LogP contribution in [0.15, 0.2) is 53.3 Å². The minimum atomic E-state index is -0.169. The molecule has 1 aromatic carbocycles. The van der Waals surface area contributed by atoms with Crippen molar-refractivity contribution in [3.8, 4) is 0 Å². The lowest BCUT2D eigenvalue weighted by Gasteiger charge is -2.25. The van der Waals surface area contributed by atoms with Crippen molar-refractivity contribution in [1.82, 2.24) is 9.88 Å². The molecule has 0 atom stereocenters. The van der Waals surface area contributed by atoms with E-state index in [1.165, 1.54) is 11.8 Å². The standard InChI is InChI=1S/C18H20BrN3O2/c1-14(23)22(17-6-4-3-5-16(17)19)13-18(24)21(2)12-9-15-7-10-20-11-8-15/h3-8,10-11H,9,12-13H2,1-2H3. The summed E-state index contributed by atoms with van der Waals surface area (Å²) in [5.74, 6) is -0.271. The first-order valence-corrected chi connectivity index (χ1v) is 8.44. The van der Waals surface area contributed by atoms with Crippen molar-refractivity contribution in [2.45, 2.75) is 13.3 Å². The highest BCUT2D eigenvalue weighted by molar-refractivity contribution is 9.10. The third-order valence-corrected chi connectivity index (χ3v) is 4.40. The smallest absolute Gasteiger partial charge is 0.242 e. The van der Waals surface area contributed by atoms with Gasteiger partial charge in [0.25, 0.3) is 0 Å². The summed E-state index contributed by atoms with van der Waals surface area (Å²) in [6, 6.07) is 11.2. The normalized spacial score (nSPS) is 10.3. The third-order valence-electron chi connectivity index (χ3n) is 3.73. The fraction of sp³-hybridized carbons (Fsp3) is 0.278. The van der Waals surface area contributed by atoms with E-state index in [4.69, 9.17) is 0 Å². The minimum Gasteiger partial charge on any atom is -0.344 e. The number of anilines is 1. The fourth-order valence-corrected chi connectivity index (χ4v) is 2.76. The number of halogens is 1. The summed E-state index contributed by atoms with van der Waals surface area (Å²) >= 11 is 3.43. The third kappa shape index (κ3) is 4.89. The second kappa shape index (κ2) is 8.59. The summed E-state index contributed by atoms with van der Waals surface area (Å²) in [6.07, 6.45) is 4.23. The maximum absolute atomic E-state index is 12.5. The van der Waals surface area contributed by atoms with Gasteiger partial charge in [0.1, 0.15) is 6.54 Å². The molecule has 0 saturated carbocycles. The Kier molecular flexibility index (Phi) is 6.49. The molecule has 126 valence electrons. The van der Waals surface area contributed by atoms with Gasteiger partial charge in [0.05, 0.1) is 5.69 Å². The SMILES string of the molecule is CC(=O)N(CC(=O)N(C)CCc1ccncc1)c1ccccc1Br. The Hall–Kier alpha value is -2.21. The molecule has 0 bridgehead atoms. The molecule has 0 aliphatic carbocycles. The fourth-order valence-electron chi connectivity index (χ4n) is 2.26. The summed E-state index contributed by atoms with van der Waals surface area (Å²) in [5.41, 5.74) is 1.82. The average molecular weight is 390 g/mol. The lowest BCUT2D eigenvalue weighted by molar-refractivity contribution is -0.130. The number of aromatic nitrogens is 1. The van der Waals surface area contributed by atoms with Crippen LogP contribution < -0.4 is 4.90 Å². The van der Waals surface area contributed by atoms with Crippen molar-refractivity contribution in [2.24, 2.45) is 0 Å². The molecule has 0 radical (unpaired) electrons. The topological polar surface area (TPSA) is 53.5 Å². The van der Waals surface area contributed by atoms with Crippen LogP contribution in [0, 0.1) is 0 Å². The number of hydrogen-bond acceptors (Lipinski definition) is 3. The maximum Gasteiger partial charge on any atom is 0.242 e. The predicted molar refractivity (Wildman–Crippen MR) is 97.7 cm³/mol. The van der Waals surface area contributed by atoms with Gasteiger partial charge in [-0.2, -0.15) is 0 Å². The molecule has 24 heavy (non-hydrogen) atoms. The zero-order valence-corrected chi connectivity index (χ0v) is 15.4. The molecular weight excluding hydrogens is 370 g/mol. The van der Waals surface area contributed by atoms with Crippen molar-refractivity contribution in [1.29, 1.82) is 0 Å². The lowest BCUT2D eigenvalue weighted by atomic mass is 10.2. The molecule has 1 aromatic heterocycles. The van der Waals surface area contributed by atoms with E-state index in [0.29, 0.717) is 12.2 Å². The quantitative estimate of drug-likeness (QED) is 0.762. The number of benzene rings is 1. The highest BCUT2D eigenvalue weighted by atomic mass is 79.9. The predicted octanol–water partition coefficient (Wildman–Crippen LogP) is 2.90. The van der Waals surface area contributed by atoms with Crippen LogP contribution in [0.4, 0.5) is 5.69 Å². The summed E-state index contributed by atoms with van der Waals surface area (Å²) in [6.45, 7) is 2.07. The van der Waals surface area contributed by atoms with Crippen LogP contribution in [-0.4, -0.2) is 41.8 Å². The van der Waals surface area contributed by atoms with Gasteiger partial charge < -0.3 is 9.80 Å². The summed E-state index contributed by atoms with van der Waals surface area (Å²) in [4.78, 5) is 31.5. The van der Waals surface area contributed by atoms with Crippen molar-refractivity contribution in [3.05, 3.63) is 58.8 Å². The monoisotopic (exact) mass is 389 g/mol. The Morgan fingerprint density at radius 1 is 1.12 bits per heavy atom. The second-order valence-corrected chi connectivity index (χ2v) is 6.33. The first-order valence-electron chi connectivity index (χ1n) is 7.64. The van der Waals surface area contributed by atoms with Crippen LogP contribution in [0.3, 0.4) is 0 Å². The molecular formula is C18H20BrN3O2. The number of rotatable bonds is 6. The number of pyridine rings is 1. The molecule has 0 spiro atoms. The zero-order chi connectivity index (χ0) is 17.5. The van der Waals surface area contributed by atoms with E-state index in [1.807, 2.05) is 36.4 Å². The van der Waals surface area contributed by atoms with Crippen molar-refractivity contribution < 1.29 is 9.59 Å². The van der Waals surface area contributed by atoms with Gasteiger partial charge in [0.2, 0.25) is 11.8 Å². The Balaban J connectivity index is 2.00. The molecule has 2 rings (SSSR count). The van der Waals surface area contributed by atoms with Crippen molar-refractivity contribution in [2.75, 3.05) is 25.0 Å². The number of nitrogens with zero attached hydrogens (tertiary/aromatic N) is 3. The van der Waals surface area contributed by atoms with Crippen LogP contribution in [0.2, 0.25) is 0 Å². The van der Waals surface area contributed by atoms with Gasteiger partial charge in [-0.3, -0.25) is 14.6 Å². The van der Waals surface area contributed by atoms with Gasteiger partial charge in [-0.25, -0.2) is 0 Å². The molecule has 2 amide bonds. The number of amides is 2. The van der Waals surface area contributed by atoms with Crippen molar-refractivity contribution in [3.63, 3.8) is 0 Å². The number of para-hydroxylation sites is 1. The number of hydrogen-bond donors (Lipinski definition) is 0. The largest absolute Gasteiger partial charge is 0.344 e. The lowest BCUT2D eigenvalue weighted by Crippen LogP contribution is -2.41. The van der Waals surface area contributed by atoms with Gasteiger partial charge in [0.15, 0.2) is 0 Å². The molecule has 5 nitrogen and oxygen atoms in total. The molecule has 0 unspecified atom stereocenters.